The predicted octanol–water partition coefficient (Wildman–Crippen LogP) is 5.64. The van der Waals surface area contributed by atoms with Gasteiger partial charge >= 0.3 is 5.97 Å². The molecule has 1 atom stereocenters. The topological polar surface area (TPSA) is 26.3 Å². The Morgan fingerprint density at radius 2 is 1.75 bits per heavy atom. The van der Waals surface area contributed by atoms with Gasteiger partial charge in [-0.3, -0.25) is 4.79 Å². The van der Waals surface area contributed by atoms with E-state index in [1.807, 2.05) is 0 Å². The van der Waals surface area contributed by atoms with Crippen molar-refractivity contribution < 1.29 is 9.53 Å². The normalized spacial score (nSPS) is 17.9. The summed E-state index contributed by atoms with van der Waals surface area (Å²) in [5, 5.41) is 0. The van der Waals surface area contributed by atoms with Crippen LogP contribution in [0, 0.1) is 5.92 Å². The van der Waals surface area contributed by atoms with Gasteiger partial charge in [0.05, 0.1) is 0 Å². The van der Waals surface area contributed by atoms with Gasteiger partial charge < -0.3 is 4.74 Å². The maximum atomic E-state index is 12.0. The van der Waals surface area contributed by atoms with E-state index in [0.717, 1.165) is 12.8 Å². The van der Waals surface area contributed by atoms with Gasteiger partial charge in [0.15, 0.2) is 0 Å². The molecule has 0 bridgehead atoms. The molecule has 0 radical (unpaired) electrons. The average Bonchev–Trinajstić information content (AvgIpc) is 2.46. The molecule has 2 heteroatoms. The number of hydrogen-bond donors (Lipinski definition) is 0. The Morgan fingerprint density at radius 3 is 2.40 bits per heavy atom. The molecule has 20 heavy (non-hydrogen) atoms. The third kappa shape index (κ3) is 7.91. The van der Waals surface area contributed by atoms with E-state index in [0.29, 0.717) is 12.3 Å². The minimum atomic E-state index is 0.0531. The lowest BCUT2D eigenvalue weighted by atomic mass is 9.87. The van der Waals surface area contributed by atoms with Crippen LogP contribution in [0.4, 0.5) is 0 Å². The molecule has 0 aromatic rings. The van der Waals surface area contributed by atoms with E-state index in [1.54, 1.807) is 0 Å². The Kier molecular flexibility index (Phi) is 9.78. The summed E-state index contributed by atoms with van der Waals surface area (Å²) in [6, 6.07) is 0. The molecule has 0 N–H and O–H groups in total. The van der Waals surface area contributed by atoms with E-state index in [-0.39, 0.29) is 12.1 Å². The highest BCUT2D eigenvalue weighted by atomic mass is 16.5. The first-order valence-corrected chi connectivity index (χ1v) is 8.95. The highest BCUT2D eigenvalue weighted by Gasteiger charge is 2.19. The van der Waals surface area contributed by atoms with Crippen LogP contribution in [-0.4, -0.2) is 12.1 Å². The highest BCUT2D eigenvalue weighted by Crippen LogP contribution is 2.27. The van der Waals surface area contributed by atoms with Gasteiger partial charge in [0.1, 0.15) is 6.10 Å². The summed E-state index contributed by atoms with van der Waals surface area (Å²) in [7, 11) is 0. The summed E-state index contributed by atoms with van der Waals surface area (Å²) in [5.74, 6) is 0.649. The smallest absolute Gasteiger partial charge is 0.306 e. The van der Waals surface area contributed by atoms with Crippen molar-refractivity contribution in [3.63, 3.8) is 0 Å². The Labute approximate surface area is 125 Å². The van der Waals surface area contributed by atoms with Crippen molar-refractivity contribution in [3.05, 3.63) is 0 Å². The minimum Gasteiger partial charge on any atom is -0.462 e. The second-order valence-corrected chi connectivity index (χ2v) is 6.43. The maximum Gasteiger partial charge on any atom is 0.306 e. The molecule has 0 amide bonds. The van der Waals surface area contributed by atoms with Crippen molar-refractivity contribution in [2.24, 2.45) is 5.92 Å². The average molecular weight is 282 g/mol. The largest absolute Gasteiger partial charge is 0.462 e. The van der Waals surface area contributed by atoms with Crippen LogP contribution in [-0.2, 0) is 9.53 Å². The fourth-order valence-electron chi connectivity index (χ4n) is 3.18. The summed E-state index contributed by atoms with van der Waals surface area (Å²) in [4.78, 5) is 12.0. The number of unbranched alkanes of at least 4 members (excludes halogenated alkanes) is 4. The van der Waals surface area contributed by atoms with E-state index in [2.05, 4.69) is 13.8 Å². The van der Waals surface area contributed by atoms with Crippen molar-refractivity contribution in [1.29, 1.82) is 0 Å². The number of ether oxygens (including phenoxy) is 1. The number of carbonyl (C=O) groups excluding carboxylic acids is 1. The molecule has 1 unspecified atom stereocenters. The van der Waals surface area contributed by atoms with Crippen LogP contribution in [0.1, 0.15) is 97.3 Å². The van der Waals surface area contributed by atoms with Crippen LogP contribution < -0.4 is 0 Å². The molecule has 0 aliphatic heterocycles. The SMILES string of the molecule is CCCCCCCC(CC)OC(=O)CC1CCCCC1. The highest BCUT2D eigenvalue weighted by molar-refractivity contribution is 5.69. The third-order valence-electron chi connectivity index (χ3n) is 4.56. The predicted molar refractivity (Wildman–Crippen MR) is 84.7 cm³/mol. The number of hydrogen-bond acceptors (Lipinski definition) is 2. The molecule has 1 fully saturated rings. The lowest BCUT2D eigenvalue weighted by Crippen LogP contribution is -2.20. The van der Waals surface area contributed by atoms with E-state index in [1.165, 1.54) is 64.2 Å². The summed E-state index contributed by atoms with van der Waals surface area (Å²) in [6.45, 7) is 4.37. The monoisotopic (exact) mass is 282 g/mol. The zero-order valence-electron chi connectivity index (χ0n) is 13.7. The number of esters is 1. The van der Waals surface area contributed by atoms with Gasteiger partial charge in [-0.2, -0.15) is 0 Å². The Hall–Kier alpha value is -0.530. The first-order chi connectivity index (χ1) is 9.76. The molecule has 0 heterocycles. The fraction of sp³-hybridized carbons (Fsp3) is 0.944. The zero-order chi connectivity index (χ0) is 14.6. The van der Waals surface area contributed by atoms with E-state index < -0.39 is 0 Å². The van der Waals surface area contributed by atoms with Gasteiger partial charge in [0.25, 0.3) is 0 Å². The molecule has 2 nitrogen and oxygen atoms in total. The lowest BCUT2D eigenvalue weighted by Gasteiger charge is -2.22. The lowest BCUT2D eigenvalue weighted by molar-refractivity contribution is -0.151. The summed E-state index contributed by atoms with van der Waals surface area (Å²) in [5.41, 5.74) is 0. The molecular formula is C18H34O2. The molecule has 1 aliphatic rings. The fourth-order valence-corrected chi connectivity index (χ4v) is 3.18. The molecule has 1 aliphatic carbocycles. The molecule has 0 aromatic carbocycles. The van der Waals surface area contributed by atoms with Crippen molar-refractivity contribution in [2.45, 2.75) is 103 Å². The Bertz CT molecular complexity index is 244. The first kappa shape index (κ1) is 17.5. The second-order valence-electron chi connectivity index (χ2n) is 6.43. The van der Waals surface area contributed by atoms with Crippen molar-refractivity contribution in [3.8, 4) is 0 Å². The number of rotatable bonds is 10. The standard InChI is InChI=1S/C18H34O2/c1-3-5-6-7-11-14-17(4-2)20-18(19)15-16-12-9-8-10-13-16/h16-17H,3-15H2,1-2H3. The second kappa shape index (κ2) is 11.2. The van der Waals surface area contributed by atoms with Gasteiger partial charge in [-0.1, -0.05) is 58.8 Å². The summed E-state index contributed by atoms with van der Waals surface area (Å²) in [6.07, 6.45) is 15.7. The van der Waals surface area contributed by atoms with Crippen LogP contribution in [0.2, 0.25) is 0 Å². The van der Waals surface area contributed by atoms with Crippen LogP contribution >= 0.6 is 0 Å². The maximum absolute atomic E-state index is 12.0. The van der Waals surface area contributed by atoms with Crippen molar-refractivity contribution in [1.82, 2.24) is 0 Å². The van der Waals surface area contributed by atoms with E-state index in [4.69, 9.17) is 4.74 Å². The third-order valence-corrected chi connectivity index (χ3v) is 4.56. The summed E-state index contributed by atoms with van der Waals surface area (Å²) >= 11 is 0. The molecule has 0 aromatic heterocycles. The summed E-state index contributed by atoms with van der Waals surface area (Å²) < 4.78 is 5.67. The van der Waals surface area contributed by atoms with Crippen molar-refractivity contribution >= 4 is 5.97 Å². The first-order valence-electron chi connectivity index (χ1n) is 8.95. The van der Waals surface area contributed by atoms with E-state index >= 15 is 0 Å². The van der Waals surface area contributed by atoms with Gasteiger partial charge in [0.2, 0.25) is 0 Å². The minimum absolute atomic E-state index is 0.0531. The zero-order valence-corrected chi connectivity index (χ0v) is 13.7. The molecule has 0 saturated heterocycles. The van der Waals surface area contributed by atoms with Gasteiger partial charge in [0, 0.05) is 6.42 Å². The van der Waals surface area contributed by atoms with Crippen LogP contribution in [0.3, 0.4) is 0 Å². The van der Waals surface area contributed by atoms with Crippen LogP contribution in [0.5, 0.6) is 0 Å². The van der Waals surface area contributed by atoms with Crippen LogP contribution in [0.15, 0.2) is 0 Å². The van der Waals surface area contributed by atoms with Crippen molar-refractivity contribution in [2.75, 3.05) is 0 Å². The molecular weight excluding hydrogens is 248 g/mol. The van der Waals surface area contributed by atoms with E-state index in [9.17, 15) is 4.79 Å². The molecule has 1 rings (SSSR count). The Morgan fingerprint density at radius 1 is 1.05 bits per heavy atom. The number of carbonyl (C=O) groups is 1. The van der Waals surface area contributed by atoms with Gasteiger partial charge in [-0.05, 0) is 38.0 Å². The van der Waals surface area contributed by atoms with Gasteiger partial charge in [-0.25, -0.2) is 0 Å². The molecule has 1 saturated carbocycles. The Balaban J connectivity index is 2.12. The van der Waals surface area contributed by atoms with Crippen LogP contribution in [0.25, 0.3) is 0 Å². The quantitative estimate of drug-likeness (QED) is 0.383. The molecule has 0 spiro atoms. The van der Waals surface area contributed by atoms with Gasteiger partial charge in [-0.15, -0.1) is 0 Å². The molecule has 118 valence electrons.